The molecule has 1 aliphatic heterocycles. The van der Waals surface area contributed by atoms with E-state index in [2.05, 4.69) is 10.3 Å². The number of thiazole rings is 1. The van der Waals surface area contributed by atoms with Gasteiger partial charge < -0.3 is 5.32 Å². The van der Waals surface area contributed by atoms with Crippen LogP contribution in [0, 0.1) is 0 Å². The Kier molecular flexibility index (Phi) is 7.82. The number of amides is 2. The summed E-state index contributed by atoms with van der Waals surface area (Å²) < 4.78 is 0.419. The number of anilines is 1. The molecule has 1 saturated heterocycles. The summed E-state index contributed by atoms with van der Waals surface area (Å²) in [5.41, 5.74) is 1.74. The van der Waals surface area contributed by atoms with Crippen LogP contribution in [0.3, 0.4) is 0 Å². The van der Waals surface area contributed by atoms with Crippen molar-refractivity contribution in [1.29, 1.82) is 0 Å². The van der Waals surface area contributed by atoms with Gasteiger partial charge in [-0.1, -0.05) is 83.6 Å². The van der Waals surface area contributed by atoms with E-state index in [0.717, 1.165) is 16.0 Å². The monoisotopic (exact) mass is 533 g/mol. The third-order valence-corrected chi connectivity index (χ3v) is 7.75. The molecule has 4 rings (SSSR count). The average Bonchev–Trinajstić information content (AvgIpc) is 3.33. The minimum absolute atomic E-state index is 0.102. The Labute approximate surface area is 214 Å². The molecule has 0 radical (unpaired) electrons. The van der Waals surface area contributed by atoms with Crippen LogP contribution in [0.2, 0.25) is 10.0 Å². The number of rotatable bonds is 7. The summed E-state index contributed by atoms with van der Waals surface area (Å²) in [7, 11) is 0. The van der Waals surface area contributed by atoms with Crippen molar-refractivity contribution in [2.75, 3.05) is 11.9 Å². The predicted octanol–water partition coefficient (Wildman–Crippen LogP) is 6.27. The second-order valence-electron chi connectivity index (χ2n) is 7.05. The molecule has 1 aliphatic rings. The van der Waals surface area contributed by atoms with Crippen molar-refractivity contribution >= 4 is 85.9 Å². The van der Waals surface area contributed by atoms with Crippen LogP contribution in [0.4, 0.5) is 5.13 Å². The van der Waals surface area contributed by atoms with Gasteiger partial charge in [0.1, 0.15) is 4.32 Å². The molecule has 2 heterocycles. The van der Waals surface area contributed by atoms with Crippen molar-refractivity contribution in [2.24, 2.45) is 0 Å². The summed E-state index contributed by atoms with van der Waals surface area (Å²) in [6.07, 6.45) is 4.19. The second-order valence-corrected chi connectivity index (χ2v) is 10.7. The number of carbonyl (C=O) groups is 2. The van der Waals surface area contributed by atoms with Crippen LogP contribution in [0.5, 0.6) is 0 Å². The molecule has 1 N–H and O–H groups in total. The molecular weight excluding hydrogens is 517 g/mol. The number of thiocarbonyl (C=S) groups is 1. The Morgan fingerprint density at radius 1 is 1.12 bits per heavy atom. The molecule has 2 aromatic carbocycles. The normalized spacial score (nSPS) is 14.8. The Bertz CT molecular complexity index is 1260. The van der Waals surface area contributed by atoms with Crippen LogP contribution in [0.1, 0.15) is 22.4 Å². The molecule has 0 atom stereocenters. The van der Waals surface area contributed by atoms with E-state index >= 15 is 0 Å². The summed E-state index contributed by atoms with van der Waals surface area (Å²) in [6, 6.07) is 14.9. The van der Waals surface area contributed by atoms with Crippen molar-refractivity contribution in [2.45, 2.75) is 12.8 Å². The minimum Gasteiger partial charge on any atom is -0.302 e. The van der Waals surface area contributed by atoms with Gasteiger partial charge in [0, 0.05) is 40.5 Å². The fourth-order valence-corrected chi connectivity index (χ4v) is 5.64. The Balaban J connectivity index is 1.32. The van der Waals surface area contributed by atoms with Crippen molar-refractivity contribution in [3.63, 3.8) is 0 Å². The van der Waals surface area contributed by atoms with E-state index in [1.807, 2.05) is 42.5 Å². The Morgan fingerprint density at radius 3 is 2.61 bits per heavy atom. The van der Waals surface area contributed by atoms with Crippen LogP contribution < -0.4 is 5.32 Å². The first-order valence-electron chi connectivity index (χ1n) is 9.88. The van der Waals surface area contributed by atoms with E-state index < -0.39 is 0 Å². The predicted molar refractivity (Wildman–Crippen MR) is 141 cm³/mol. The lowest BCUT2D eigenvalue weighted by Gasteiger charge is -2.13. The molecule has 33 heavy (non-hydrogen) atoms. The molecule has 0 spiro atoms. The van der Waals surface area contributed by atoms with Gasteiger partial charge >= 0.3 is 0 Å². The fraction of sp³-hybridized carbons (Fsp3) is 0.130. The molecule has 2 amide bonds. The Morgan fingerprint density at radius 2 is 1.85 bits per heavy atom. The van der Waals surface area contributed by atoms with Gasteiger partial charge in [0.25, 0.3) is 5.91 Å². The standard InChI is InChI=1S/C23H17Cl2N3O2S3/c24-17-7-3-1-5-14(17)11-16-13-26-22(32-16)27-20(29)9-10-28-21(30)19(33-23(28)31)12-15-6-2-4-8-18(15)25/h1-8,12-13H,9-11H2,(H,26,27,29). The molecule has 0 unspecified atom stereocenters. The molecule has 0 aliphatic carbocycles. The van der Waals surface area contributed by atoms with Crippen LogP contribution in [0.15, 0.2) is 59.6 Å². The van der Waals surface area contributed by atoms with Crippen molar-refractivity contribution < 1.29 is 9.59 Å². The molecule has 1 aromatic heterocycles. The zero-order valence-corrected chi connectivity index (χ0v) is 21.0. The number of hydrogen-bond donors (Lipinski definition) is 1. The average molecular weight is 535 g/mol. The highest BCUT2D eigenvalue weighted by Gasteiger charge is 2.32. The first-order chi connectivity index (χ1) is 15.9. The SMILES string of the molecule is O=C(CCN1C(=O)C(=Cc2ccccc2Cl)SC1=S)Nc1ncc(Cc2ccccc2Cl)s1. The lowest BCUT2D eigenvalue weighted by atomic mass is 10.1. The largest absolute Gasteiger partial charge is 0.302 e. The van der Waals surface area contributed by atoms with Gasteiger partial charge in [-0.05, 0) is 29.3 Å². The first kappa shape index (κ1) is 23.9. The van der Waals surface area contributed by atoms with Gasteiger partial charge in [-0.3, -0.25) is 14.5 Å². The summed E-state index contributed by atoms with van der Waals surface area (Å²) in [5.74, 6) is -0.466. The number of nitrogens with one attached hydrogen (secondary N) is 1. The second kappa shape index (κ2) is 10.8. The molecule has 168 valence electrons. The summed E-state index contributed by atoms with van der Waals surface area (Å²) in [5, 5.41) is 4.55. The number of hydrogen-bond acceptors (Lipinski definition) is 6. The zero-order chi connectivity index (χ0) is 23.4. The van der Waals surface area contributed by atoms with E-state index in [1.165, 1.54) is 28.0 Å². The molecule has 0 saturated carbocycles. The topological polar surface area (TPSA) is 62.3 Å². The van der Waals surface area contributed by atoms with E-state index in [0.29, 0.717) is 30.8 Å². The van der Waals surface area contributed by atoms with E-state index in [4.69, 9.17) is 35.4 Å². The number of halogens is 2. The molecule has 0 bridgehead atoms. The summed E-state index contributed by atoms with van der Waals surface area (Å²) >= 11 is 20.3. The lowest BCUT2D eigenvalue weighted by molar-refractivity contribution is -0.122. The smallest absolute Gasteiger partial charge is 0.266 e. The van der Waals surface area contributed by atoms with Crippen LogP contribution in [0.25, 0.3) is 6.08 Å². The van der Waals surface area contributed by atoms with Gasteiger partial charge in [0.15, 0.2) is 5.13 Å². The number of benzene rings is 2. The molecule has 10 heteroatoms. The maximum absolute atomic E-state index is 12.8. The van der Waals surface area contributed by atoms with Crippen molar-refractivity contribution in [3.05, 3.63) is 85.7 Å². The third-order valence-electron chi connectivity index (χ3n) is 4.75. The van der Waals surface area contributed by atoms with Crippen LogP contribution >= 0.6 is 58.5 Å². The van der Waals surface area contributed by atoms with Gasteiger partial charge in [0.2, 0.25) is 5.91 Å². The Hall–Kier alpha value is -2.23. The minimum atomic E-state index is -0.238. The number of nitrogens with zero attached hydrogens (tertiary/aromatic N) is 2. The lowest BCUT2D eigenvalue weighted by Crippen LogP contribution is -2.31. The van der Waals surface area contributed by atoms with Gasteiger partial charge in [-0.25, -0.2) is 4.98 Å². The highest BCUT2D eigenvalue weighted by molar-refractivity contribution is 8.26. The third kappa shape index (κ3) is 6.02. The van der Waals surface area contributed by atoms with Crippen molar-refractivity contribution in [1.82, 2.24) is 9.88 Å². The number of carbonyl (C=O) groups excluding carboxylic acids is 2. The molecular formula is C23H17Cl2N3O2S3. The zero-order valence-electron chi connectivity index (χ0n) is 17.1. The molecule has 5 nitrogen and oxygen atoms in total. The highest BCUT2D eigenvalue weighted by Crippen LogP contribution is 2.34. The van der Waals surface area contributed by atoms with Gasteiger partial charge in [-0.2, -0.15) is 0 Å². The maximum Gasteiger partial charge on any atom is 0.266 e. The first-order valence-corrected chi connectivity index (χ1v) is 12.7. The van der Waals surface area contributed by atoms with E-state index in [1.54, 1.807) is 18.3 Å². The molecule has 1 fully saturated rings. The van der Waals surface area contributed by atoms with E-state index in [-0.39, 0.29) is 24.8 Å². The number of aromatic nitrogens is 1. The highest BCUT2D eigenvalue weighted by atomic mass is 35.5. The summed E-state index contributed by atoms with van der Waals surface area (Å²) in [6.45, 7) is 0.189. The van der Waals surface area contributed by atoms with Crippen molar-refractivity contribution in [3.8, 4) is 0 Å². The number of thioether (sulfide) groups is 1. The maximum atomic E-state index is 12.8. The quantitative estimate of drug-likeness (QED) is 0.286. The molecule has 3 aromatic rings. The van der Waals surface area contributed by atoms with E-state index in [9.17, 15) is 9.59 Å². The fourth-order valence-electron chi connectivity index (χ4n) is 3.10. The van der Waals surface area contributed by atoms with Crippen LogP contribution in [-0.2, 0) is 16.0 Å². The van der Waals surface area contributed by atoms with Gasteiger partial charge in [0.05, 0.1) is 4.91 Å². The summed E-state index contributed by atoms with van der Waals surface area (Å²) in [4.78, 5) is 32.4. The van der Waals surface area contributed by atoms with Crippen LogP contribution in [-0.4, -0.2) is 32.6 Å². The van der Waals surface area contributed by atoms with Gasteiger partial charge in [-0.15, -0.1) is 11.3 Å².